The molecular weight excluding hydrogens is 288 g/mol. The van der Waals surface area contributed by atoms with Crippen LogP contribution < -0.4 is 15.0 Å². The van der Waals surface area contributed by atoms with Crippen LogP contribution in [0.1, 0.15) is 33.1 Å². The minimum atomic E-state index is 0.183. The van der Waals surface area contributed by atoms with Crippen molar-refractivity contribution in [3.05, 3.63) is 36.7 Å². The summed E-state index contributed by atoms with van der Waals surface area (Å²) in [5.41, 5.74) is 0.990. The molecule has 0 radical (unpaired) electrons. The first-order valence-electron chi connectivity index (χ1n) is 8.31. The van der Waals surface area contributed by atoms with Crippen molar-refractivity contribution in [1.29, 1.82) is 0 Å². The molecule has 5 nitrogen and oxygen atoms in total. The van der Waals surface area contributed by atoms with Gasteiger partial charge in [0.1, 0.15) is 23.7 Å². The summed E-state index contributed by atoms with van der Waals surface area (Å²) in [4.78, 5) is 11.1. The Morgan fingerprint density at radius 2 is 1.78 bits per heavy atom. The third kappa shape index (κ3) is 4.34. The van der Waals surface area contributed by atoms with Gasteiger partial charge in [-0.2, -0.15) is 0 Å². The number of hydrogen-bond acceptors (Lipinski definition) is 5. The maximum absolute atomic E-state index is 5.66. The first-order valence-corrected chi connectivity index (χ1v) is 8.31. The first kappa shape index (κ1) is 15.6. The van der Waals surface area contributed by atoms with Crippen LogP contribution in [0.5, 0.6) is 5.75 Å². The maximum Gasteiger partial charge on any atom is 0.135 e. The van der Waals surface area contributed by atoms with Crippen molar-refractivity contribution in [3.63, 3.8) is 0 Å². The average Bonchev–Trinajstić information content (AvgIpc) is 2.57. The summed E-state index contributed by atoms with van der Waals surface area (Å²) in [6.45, 7) is 6.21. The zero-order chi connectivity index (χ0) is 16.1. The normalized spacial score (nSPS) is 14.8. The van der Waals surface area contributed by atoms with Crippen LogP contribution in [-0.2, 0) is 0 Å². The summed E-state index contributed by atoms with van der Waals surface area (Å²) in [6, 6.07) is 9.95. The van der Waals surface area contributed by atoms with E-state index in [0.29, 0.717) is 0 Å². The number of piperidine rings is 1. The van der Waals surface area contributed by atoms with E-state index in [1.165, 1.54) is 19.3 Å². The highest BCUT2D eigenvalue weighted by Gasteiger charge is 2.12. The Labute approximate surface area is 137 Å². The van der Waals surface area contributed by atoms with E-state index >= 15 is 0 Å². The lowest BCUT2D eigenvalue weighted by atomic mass is 10.1. The van der Waals surface area contributed by atoms with Crippen molar-refractivity contribution in [2.45, 2.75) is 39.2 Å². The summed E-state index contributed by atoms with van der Waals surface area (Å²) in [5, 5.41) is 3.33. The first-order chi connectivity index (χ1) is 11.2. The van der Waals surface area contributed by atoms with Gasteiger partial charge in [-0.25, -0.2) is 9.97 Å². The lowest BCUT2D eigenvalue weighted by Crippen LogP contribution is -2.30. The molecule has 5 heteroatoms. The number of nitrogens with one attached hydrogen (secondary N) is 1. The van der Waals surface area contributed by atoms with Gasteiger partial charge in [-0.1, -0.05) is 0 Å². The van der Waals surface area contributed by atoms with Crippen LogP contribution in [0.3, 0.4) is 0 Å². The number of nitrogens with zero attached hydrogens (tertiary/aromatic N) is 3. The minimum absolute atomic E-state index is 0.183. The Morgan fingerprint density at radius 3 is 2.48 bits per heavy atom. The zero-order valence-electron chi connectivity index (χ0n) is 13.8. The number of rotatable bonds is 5. The smallest absolute Gasteiger partial charge is 0.135 e. The molecule has 1 aromatic carbocycles. The van der Waals surface area contributed by atoms with Crippen LogP contribution in [0.2, 0.25) is 0 Å². The van der Waals surface area contributed by atoms with E-state index in [9.17, 15) is 0 Å². The molecule has 23 heavy (non-hydrogen) atoms. The third-order valence-electron chi connectivity index (χ3n) is 3.83. The molecule has 0 saturated carbocycles. The van der Waals surface area contributed by atoms with Crippen LogP contribution in [-0.4, -0.2) is 29.2 Å². The van der Waals surface area contributed by atoms with E-state index in [2.05, 4.69) is 20.2 Å². The van der Waals surface area contributed by atoms with E-state index in [1.807, 2.05) is 44.2 Å². The molecule has 3 rings (SSSR count). The highest BCUT2D eigenvalue weighted by molar-refractivity contribution is 5.60. The molecule has 0 spiro atoms. The molecule has 0 amide bonds. The molecule has 1 aliphatic rings. The van der Waals surface area contributed by atoms with Crippen molar-refractivity contribution in [2.75, 3.05) is 23.3 Å². The maximum atomic E-state index is 5.66. The van der Waals surface area contributed by atoms with E-state index in [0.717, 1.165) is 36.2 Å². The monoisotopic (exact) mass is 312 g/mol. The van der Waals surface area contributed by atoms with E-state index in [-0.39, 0.29) is 6.10 Å². The lowest BCUT2D eigenvalue weighted by molar-refractivity contribution is 0.242. The SMILES string of the molecule is CC(C)Oc1ccc(Nc2cc(N3CCCCC3)ncn2)cc1. The van der Waals surface area contributed by atoms with Crippen molar-refractivity contribution in [3.8, 4) is 5.75 Å². The topological polar surface area (TPSA) is 50.3 Å². The summed E-state index contributed by atoms with van der Waals surface area (Å²) < 4.78 is 5.66. The molecule has 122 valence electrons. The predicted octanol–water partition coefficient (Wildman–Crippen LogP) is 4.00. The average molecular weight is 312 g/mol. The van der Waals surface area contributed by atoms with Crippen molar-refractivity contribution < 1.29 is 4.74 Å². The largest absolute Gasteiger partial charge is 0.491 e. The standard InChI is InChI=1S/C18H24N4O/c1-14(2)23-16-8-6-15(7-9-16)21-17-12-18(20-13-19-17)22-10-4-3-5-11-22/h6-9,12-14H,3-5,10-11H2,1-2H3,(H,19,20,21). The Balaban J connectivity index is 1.67. The Kier molecular flexibility index (Phi) is 4.95. The van der Waals surface area contributed by atoms with Crippen LogP contribution >= 0.6 is 0 Å². The van der Waals surface area contributed by atoms with Gasteiger partial charge in [0, 0.05) is 24.8 Å². The number of anilines is 3. The molecule has 1 saturated heterocycles. The number of hydrogen-bond donors (Lipinski definition) is 1. The number of ether oxygens (including phenoxy) is 1. The fourth-order valence-electron chi connectivity index (χ4n) is 2.75. The van der Waals surface area contributed by atoms with Gasteiger partial charge in [0.25, 0.3) is 0 Å². The molecule has 0 bridgehead atoms. The number of aromatic nitrogens is 2. The van der Waals surface area contributed by atoms with Gasteiger partial charge < -0.3 is 15.0 Å². The van der Waals surface area contributed by atoms with Crippen molar-refractivity contribution >= 4 is 17.3 Å². The molecule has 2 aromatic rings. The quantitative estimate of drug-likeness (QED) is 0.904. The molecule has 0 atom stereocenters. The fourth-order valence-corrected chi connectivity index (χ4v) is 2.75. The Hall–Kier alpha value is -2.30. The van der Waals surface area contributed by atoms with Crippen molar-refractivity contribution in [2.24, 2.45) is 0 Å². The summed E-state index contributed by atoms with van der Waals surface area (Å²) in [7, 11) is 0. The van der Waals surface area contributed by atoms with Crippen molar-refractivity contribution in [1.82, 2.24) is 9.97 Å². The molecular formula is C18H24N4O. The summed E-state index contributed by atoms with van der Waals surface area (Å²) in [6.07, 6.45) is 5.61. The second-order valence-electron chi connectivity index (χ2n) is 6.13. The Bertz CT molecular complexity index is 621. The highest BCUT2D eigenvalue weighted by atomic mass is 16.5. The van der Waals surface area contributed by atoms with Crippen LogP contribution in [0.25, 0.3) is 0 Å². The molecule has 0 unspecified atom stereocenters. The molecule has 2 heterocycles. The van der Waals surface area contributed by atoms with Gasteiger partial charge in [-0.05, 0) is 57.4 Å². The minimum Gasteiger partial charge on any atom is -0.491 e. The lowest BCUT2D eigenvalue weighted by Gasteiger charge is -2.27. The summed E-state index contributed by atoms with van der Waals surface area (Å²) in [5.74, 6) is 2.70. The van der Waals surface area contributed by atoms with Gasteiger partial charge in [0.05, 0.1) is 6.10 Å². The van der Waals surface area contributed by atoms with Crippen LogP contribution in [0.15, 0.2) is 36.7 Å². The van der Waals surface area contributed by atoms with Crippen LogP contribution in [0, 0.1) is 0 Å². The van der Waals surface area contributed by atoms with Gasteiger partial charge >= 0.3 is 0 Å². The predicted molar refractivity (Wildman–Crippen MR) is 93.6 cm³/mol. The molecule has 1 aromatic heterocycles. The fraction of sp³-hybridized carbons (Fsp3) is 0.444. The third-order valence-corrected chi connectivity index (χ3v) is 3.83. The zero-order valence-corrected chi connectivity index (χ0v) is 13.8. The van der Waals surface area contributed by atoms with Gasteiger partial charge in [-0.3, -0.25) is 0 Å². The second-order valence-corrected chi connectivity index (χ2v) is 6.13. The van der Waals surface area contributed by atoms with Gasteiger partial charge in [0.15, 0.2) is 0 Å². The second kappa shape index (κ2) is 7.31. The van der Waals surface area contributed by atoms with E-state index in [1.54, 1.807) is 6.33 Å². The molecule has 1 aliphatic heterocycles. The van der Waals surface area contributed by atoms with Crippen LogP contribution in [0.4, 0.5) is 17.3 Å². The van der Waals surface area contributed by atoms with E-state index in [4.69, 9.17) is 4.74 Å². The summed E-state index contributed by atoms with van der Waals surface area (Å²) >= 11 is 0. The Morgan fingerprint density at radius 1 is 1.04 bits per heavy atom. The molecule has 0 aliphatic carbocycles. The number of benzene rings is 1. The van der Waals surface area contributed by atoms with E-state index < -0.39 is 0 Å². The van der Waals surface area contributed by atoms with Gasteiger partial charge in [0.2, 0.25) is 0 Å². The highest BCUT2D eigenvalue weighted by Crippen LogP contribution is 2.23. The molecule has 1 N–H and O–H groups in total. The van der Waals surface area contributed by atoms with Gasteiger partial charge in [-0.15, -0.1) is 0 Å². The molecule has 1 fully saturated rings.